The number of halogens is 2. The van der Waals surface area contributed by atoms with Crippen molar-refractivity contribution in [2.24, 2.45) is 0 Å². The lowest BCUT2D eigenvalue weighted by Crippen LogP contribution is -2.24. The van der Waals surface area contributed by atoms with Gasteiger partial charge in [-0.3, -0.25) is 4.90 Å². The minimum Gasteiger partial charge on any atom is -0.283 e. The normalized spacial score (nSPS) is 12.2. The fourth-order valence-electron chi connectivity index (χ4n) is 0.925. The average Bonchev–Trinajstić information content (AvgIpc) is 2.17. The van der Waals surface area contributed by atoms with Gasteiger partial charge in [-0.05, 0) is 0 Å². The van der Waals surface area contributed by atoms with Crippen molar-refractivity contribution >= 4 is 6.16 Å². The molecule has 0 aliphatic carbocycles. The molecule has 0 saturated heterocycles. The van der Waals surface area contributed by atoms with E-state index in [9.17, 15) is 13.6 Å². The molecule has 70 valence electrons. The van der Waals surface area contributed by atoms with E-state index >= 15 is 0 Å². The van der Waals surface area contributed by atoms with E-state index in [1.807, 2.05) is 0 Å². The Hall–Kier alpha value is -1.45. The topological polar surface area (TPSA) is 20.3 Å². The highest BCUT2D eigenvalue weighted by atomic mass is 19.2. The summed E-state index contributed by atoms with van der Waals surface area (Å²) in [5, 5.41) is 0. The summed E-state index contributed by atoms with van der Waals surface area (Å²) in [5.74, 6) is 0. The zero-order valence-electron chi connectivity index (χ0n) is 7.08. The molecule has 0 aliphatic heterocycles. The van der Waals surface area contributed by atoms with E-state index < -0.39 is 12.5 Å². The van der Waals surface area contributed by atoms with Crippen LogP contribution >= 0.6 is 0 Å². The third kappa shape index (κ3) is 2.24. The van der Waals surface area contributed by atoms with Crippen molar-refractivity contribution in [3.63, 3.8) is 0 Å². The van der Waals surface area contributed by atoms with E-state index in [1.165, 1.54) is 12.1 Å². The van der Waals surface area contributed by atoms with Crippen LogP contribution in [0.2, 0.25) is 0 Å². The van der Waals surface area contributed by atoms with E-state index in [0.29, 0.717) is 4.90 Å². The van der Waals surface area contributed by atoms with Crippen LogP contribution in [0.15, 0.2) is 30.3 Å². The number of hydrogen-bond acceptors (Lipinski definition) is 1. The zero-order valence-corrected chi connectivity index (χ0v) is 7.08. The van der Waals surface area contributed by atoms with Crippen molar-refractivity contribution in [1.82, 2.24) is 4.90 Å². The predicted octanol–water partition coefficient (Wildman–Crippen LogP) is 2.68. The summed E-state index contributed by atoms with van der Waals surface area (Å²) in [6.45, 7) is 0. The van der Waals surface area contributed by atoms with Crippen LogP contribution in [0.5, 0.6) is 0 Å². The maximum absolute atomic E-state index is 13.2. The van der Waals surface area contributed by atoms with E-state index in [4.69, 9.17) is 0 Å². The van der Waals surface area contributed by atoms with Crippen LogP contribution in [0.4, 0.5) is 13.6 Å². The van der Waals surface area contributed by atoms with Crippen molar-refractivity contribution in [3.05, 3.63) is 35.9 Å². The van der Waals surface area contributed by atoms with Gasteiger partial charge in [0.15, 0.2) is 0 Å². The third-order valence-electron chi connectivity index (χ3n) is 1.69. The molecule has 1 unspecified atom stereocenters. The van der Waals surface area contributed by atoms with Gasteiger partial charge in [0.25, 0.3) is 0 Å². The standard InChI is InChI=1S/C9H9F2NO/c1-12(9(11)13)8(10)7-5-3-2-4-6-7/h2-6,8H,1H3. The van der Waals surface area contributed by atoms with Crippen LogP contribution in [-0.4, -0.2) is 18.1 Å². The van der Waals surface area contributed by atoms with Crippen molar-refractivity contribution in [2.45, 2.75) is 6.30 Å². The van der Waals surface area contributed by atoms with Crippen LogP contribution in [0.3, 0.4) is 0 Å². The van der Waals surface area contributed by atoms with Gasteiger partial charge in [-0.2, -0.15) is 0 Å². The molecule has 1 aromatic carbocycles. The SMILES string of the molecule is CN(C(=O)F)C(F)c1ccccc1. The molecule has 13 heavy (non-hydrogen) atoms. The van der Waals surface area contributed by atoms with Gasteiger partial charge in [-0.25, -0.2) is 9.18 Å². The first-order valence-corrected chi connectivity index (χ1v) is 3.74. The van der Waals surface area contributed by atoms with Gasteiger partial charge < -0.3 is 0 Å². The summed E-state index contributed by atoms with van der Waals surface area (Å²) < 4.78 is 25.3. The summed E-state index contributed by atoms with van der Waals surface area (Å²) >= 11 is 0. The fraction of sp³-hybridized carbons (Fsp3) is 0.222. The quantitative estimate of drug-likeness (QED) is 0.512. The number of amides is 1. The summed E-state index contributed by atoms with van der Waals surface area (Å²) in [4.78, 5) is 10.6. The Morgan fingerprint density at radius 2 is 1.92 bits per heavy atom. The van der Waals surface area contributed by atoms with Crippen LogP contribution in [0.25, 0.3) is 0 Å². The molecule has 1 atom stereocenters. The number of carbonyl (C=O) groups excluding carboxylic acids is 1. The summed E-state index contributed by atoms with van der Waals surface area (Å²) in [6.07, 6.45) is -3.50. The van der Waals surface area contributed by atoms with Gasteiger partial charge in [0.1, 0.15) is 0 Å². The summed E-state index contributed by atoms with van der Waals surface area (Å²) in [7, 11) is 1.07. The van der Waals surface area contributed by atoms with Gasteiger partial charge in [0.05, 0.1) is 0 Å². The first kappa shape index (κ1) is 9.64. The van der Waals surface area contributed by atoms with Crippen molar-refractivity contribution in [2.75, 3.05) is 7.05 Å². The van der Waals surface area contributed by atoms with Gasteiger partial charge in [-0.15, -0.1) is 4.39 Å². The first-order valence-electron chi connectivity index (χ1n) is 3.74. The maximum atomic E-state index is 13.2. The minimum atomic E-state index is -1.78. The average molecular weight is 185 g/mol. The predicted molar refractivity (Wildman–Crippen MR) is 44.6 cm³/mol. The molecule has 0 fully saturated rings. The van der Waals surface area contributed by atoms with Gasteiger partial charge in [0.2, 0.25) is 6.30 Å². The molecule has 0 spiro atoms. The number of benzene rings is 1. The largest absolute Gasteiger partial charge is 0.402 e. The second-order valence-electron chi connectivity index (χ2n) is 2.61. The van der Waals surface area contributed by atoms with Gasteiger partial charge in [0, 0.05) is 12.6 Å². The molecule has 0 heterocycles. The van der Waals surface area contributed by atoms with Crippen molar-refractivity contribution in [1.29, 1.82) is 0 Å². The number of alkyl halides is 1. The lowest BCUT2D eigenvalue weighted by molar-refractivity contribution is 0.110. The molecule has 2 nitrogen and oxygen atoms in total. The third-order valence-corrected chi connectivity index (χ3v) is 1.69. The second-order valence-corrected chi connectivity index (χ2v) is 2.61. The minimum absolute atomic E-state index is 0.260. The van der Waals surface area contributed by atoms with Crippen molar-refractivity contribution < 1.29 is 13.6 Å². The Bertz CT molecular complexity index is 289. The molecule has 4 heteroatoms. The Morgan fingerprint density at radius 1 is 1.38 bits per heavy atom. The lowest BCUT2D eigenvalue weighted by Gasteiger charge is -2.17. The Morgan fingerprint density at radius 3 is 2.38 bits per heavy atom. The molecule has 1 rings (SSSR count). The molecular weight excluding hydrogens is 176 g/mol. The van der Waals surface area contributed by atoms with Crippen LogP contribution in [-0.2, 0) is 0 Å². The smallest absolute Gasteiger partial charge is 0.283 e. The molecule has 0 aliphatic rings. The molecular formula is C9H9F2NO. The molecule has 0 bridgehead atoms. The summed E-state index contributed by atoms with van der Waals surface area (Å²) in [6, 6.07) is 7.94. The number of hydrogen-bond donors (Lipinski definition) is 0. The molecule has 1 amide bonds. The highest BCUT2D eigenvalue weighted by molar-refractivity contribution is 5.66. The van der Waals surface area contributed by atoms with E-state index in [0.717, 1.165) is 7.05 Å². The van der Waals surface area contributed by atoms with Gasteiger partial charge >= 0.3 is 6.16 Å². The van der Waals surface area contributed by atoms with Crippen LogP contribution in [0.1, 0.15) is 11.9 Å². The van der Waals surface area contributed by atoms with Gasteiger partial charge in [-0.1, -0.05) is 30.3 Å². The number of carbonyl (C=O) groups is 1. The Balaban J connectivity index is 2.79. The number of rotatable bonds is 2. The molecule has 0 radical (unpaired) electrons. The lowest BCUT2D eigenvalue weighted by atomic mass is 10.2. The van der Waals surface area contributed by atoms with Crippen molar-refractivity contribution in [3.8, 4) is 0 Å². The highest BCUT2D eigenvalue weighted by Gasteiger charge is 2.19. The first-order chi connectivity index (χ1) is 6.13. The van der Waals surface area contributed by atoms with E-state index in [-0.39, 0.29) is 5.56 Å². The molecule has 0 aromatic heterocycles. The molecule has 0 saturated carbocycles. The Kier molecular flexibility index (Phi) is 2.95. The Labute approximate surface area is 74.8 Å². The monoisotopic (exact) mass is 185 g/mol. The number of nitrogens with zero attached hydrogens (tertiary/aromatic N) is 1. The maximum Gasteiger partial charge on any atom is 0.402 e. The van der Waals surface area contributed by atoms with E-state index in [2.05, 4.69) is 0 Å². The van der Waals surface area contributed by atoms with Crippen LogP contribution < -0.4 is 0 Å². The van der Waals surface area contributed by atoms with Crippen LogP contribution in [0, 0.1) is 0 Å². The zero-order chi connectivity index (χ0) is 9.84. The second kappa shape index (κ2) is 3.98. The fourth-order valence-corrected chi connectivity index (χ4v) is 0.925. The molecule has 0 N–H and O–H groups in total. The van der Waals surface area contributed by atoms with E-state index in [1.54, 1.807) is 18.2 Å². The summed E-state index contributed by atoms with van der Waals surface area (Å²) in [5.41, 5.74) is 0.260. The molecule has 1 aromatic rings. The highest BCUT2D eigenvalue weighted by Crippen LogP contribution is 2.20.